The Kier molecular flexibility index (Phi) is 23.8. The van der Waals surface area contributed by atoms with Crippen LogP contribution in [0.5, 0.6) is 0 Å². The third kappa shape index (κ3) is 23.6. The maximum absolute atomic E-state index is 4.21. The Balaban J connectivity index is 3.37. The summed E-state index contributed by atoms with van der Waals surface area (Å²) in [6, 6.07) is 0. The van der Waals surface area contributed by atoms with Crippen LogP contribution in [0.4, 0.5) is 0 Å². The van der Waals surface area contributed by atoms with E-state index in [4.69, 9.17) is 0 Å². The average molecular weight is 447 g/mol. The molecular formula is C30H58N2. The summed E-state index contributed by atoms with van der Waals surface area (Å²) in [6.45, 7) is 20.6. The summed E-state index contributed by atoms with van der Waals surface area (Å²) in [4.78, 5) is 2.43. The predicted molar refractivity (Wildman–Crippen MR) is 147 cm³/mol. The standard InChI is InChI=1S/C30H58N2/c1-6-8-9-10-11-12-13-14-15-16-17-18-19-20-21-22-25-31-30(5)24-28-32(26-7-2)27-23-29(3)4/h7,31H,2-3,5-6,8-28H2,1,4H3. The van der Waals surface area contributed by atoms with Gasteiger partial charge in [0.2, 0.25) is 0 Å². The fraction of sp³-hybridized carbons (Fsp3) is 0.800. The Morgan fingerprint density at radius 1 is 0.688 bits per heavy atom. The van der Waals surface area contributed by atoms with Crippen LogP contribution in [0.25, 0.3) is 0 Å². The van der Waals surface area contributed by atoms with Gasteiger partial charge in [0, 0.05) is 31.9 Å². The summed E-state index contributed by atoms with van der Waals surface area (Å²) in [5, 5.41) is 3.53. The van der Waals surface area contributed by atoms with E-state index in [0.717, 1.165) is 39.0 Å². The topological polar surface area (TPSA) is 15.3 Å². The molecule has 1 N–H and O–H groups in total. The Hall–Kier alpha value is -1.02. The molecular weight excluding hydrogens is 388 g/mol. The zero-order valence-electron chi connectivity index (χ0n) is 22.2. The van der Waals surface area contributed by atoms with Gasteiger partial charge in [-0.1, -0.05) is 121 Å². The number of nitrogens with zero attached hydrogens (tertiary/aromatic N) is 1. The summed E-state index contributed by atoms with van der Waals surface area (Å²) in [7, 11) is 0. The molecule has 0 saturated carbocycles. The van der Waals surface area contributed by atoms with Gasteiger partial charge in [0.15, 0.2) is 0 Å². The molecule has 0 amide bonds. The van der Waals surface area contributed by atoms with E-state index < -0.39 is 0 Å². The molecule has 0 atom stereocenters. The van der Waals surface area contributed by atoms with Crippen molar-refractivity contribution in [3.8, 4) is 0 Å². The monoisotopic (exact) mass is 446 g/mol. The van der Waals surface area contributed by atoms with Gasteiger partial charge in [0.25, 0.3) is 0 Å². The van der Waals surface area contributed by atoms with Crippen molar-refractivity contribution in [3.63, 3.8) is 0 Å². The van der Waals surface area contributed by atoms with Crippen molar-refractivity contribution < 1.29 is 0 Å². The van der Waals surface area contributed by atoms with Crippen molar-refractivity contribution in [2.24, 2.45) is 0 Å². The summed E-state index contributed by atoms with van der Waals surface area (Å²) in [6.07, 6.45) is 26.8. The first-order valence-electron chi connectivity index (χ1n) is 14.0. The quantitative estimate of drug-likeness (QED) is 0.105. The van der Waals surface area contributed by atoms with Crippen molar-refractivity contribution in [2.75, 3.05) is 26.2 Å². The van der Waals surface area contributed by atoms with E-state index in [0.29, 0.717) is 0 Å². The molecule has 0 radical (unpaired) electrons. The molecule has 0 aliphatic carbocycles. The Bertz CT molecular complexity index is 440. The largest absolute Gasteiger partial charge is 0.389 e. The lowest BCUT2D eigenvalue weighted by Crippen LogP contribution is -2.28. The van der Waals surface area contributed by atoms with Crippen LogP contribution in [-0.4, -0.2) is 31.1 Å². The maximum Gasteiger partial charge on any atom is 0.0160 e. The second-order valence-electron chi connectivity index (χ2n) is 9.88. The Labute approximate surface area is 203 Å². The molecule has 0 aromatic heterocycles. The van der Waals surface area contributed by atoms with E-state index >= 15 is 0 Å². The van der Waals surface area contributed by atoms with E-state index in [-0.39, 0.29) is 0 Å². The van der Waals surface area contributed by atoms with Crippen LogP contribution in [0.2, 0.25) is 0 Å². The summed E-state index contributed by atoms with van der Waals surface area (Å²) >= 11 is 0. The van der Waals surface area contributed by atoms with E-state index in [9.17, 15) is 0 Å². The minimum atomic E-state index is 0.944. The molecule has 2 nitrogen and oxygen atoms in total. The molecule has 32 heavy (non-hydrogen) atoms. The van der Waals surface area contributed by atoms with Gasteiger partial charge in [-0.3, -0.25) is 4.90 Å². The lowest BCUT2D eigenvalue weighted by molar-refractivity contribution is 0.308. The molecule has 2 heteroatoms. The Morgan fingerprint density at radius 3 is 1.56 bits per heavy atom. The van der Waals surface area contributed by atoms with E-state index in [1.807, 2.05) is 6.08 Å². The zero-order valence-corrected chi connectivity index (χ0v) is 22.2. The van der Waals surface area contributed by atoms with Gasteiger partial charge >= 0.3 is 0 Å². The van der Waals surface area contributed by atoms with E-state index in [2.05, 4.69) is 43.8 Å². The third-order valence-electron chi connectivity index (χ3n) is 6.38. The first kappa shape index (κ1) is 31.0. The molecule has 0 aromatic rings. The van der Waals surface area contributed by atoms with E-state index in [1.54, 1.807) is 0 Å². The average Bonchev–Trinajstić information content (AvgIpc) is 2.77. The van der Waals surface area contributed by atoms with Gasteiger partial charge in [0.1, 0.15) is 0 Å². The van der Waals surface area contributed by atoms with Gasteiger partial charge in [-0.15, -0.1) is 13.2 Å². The molecule has 0 aliphatic heterocycles. The van der Waals surface area contributed by atoms with Crippen molar-refractivity contribution in [3.05, 3.63) is 37.1 Å². The van der Waals surface area contributed by atoms with Gasteiger partial charge in [0.05, 0.1) is 0 Å². The molecule has 188 valence electrons. The van der Waals surface area contributed by atoms with Crippen molar-refractivity contribution in [1.29, 1.82) is 0 Å². The number of nitrogens with one attached hydrogen (secondary N) is 1. The number of rotatable bonds is 26. The SMILES string of the molecule is C=CCN(CCC(=C)C)CCC(=C)NCCCCCCCCCCCCCCCCCC. The van der Waals surface area contributed by atoms with Crippen molar-refractivity contribution in [1.82, 2.24) is 10.2 Å². The Morgan fingerprint density at radius 2 is 1.12 bits per heavy atom. The van der Waals surface area contributed by atoms with Crippen LogP contribution < -0.4 is 5.32 Å². The van der Waals surface area contributed by atoms with Gasteiger partial charge in [-0.25, -0.2) is 0 Å². The number of hydrogen-bond donors (Lipinski definition) is 1. The van der Waals surface area contributed by atoms with Crippen LogP contribution >= 0.6 is 0 Å². The van der Waals surface area contributed by atoms with Crippen LogP contribution in [0.15, 0.2) is 37.1 Å². The van der Waals surface area contributed by atoms with Gasteiger partial charge < -0.3 is 5.32 Å². The molecule has 0 unspecified atom stereocenters. The maximum atomic E-state index is 4.21. The highest BCUT2D eigenvalue weighted by atomic mass is 15.1. The molecule has 0 bridgehead atoms. The smallest absolute Gasteiger partial charge is 0.0160 e. The fourth-order valence-corrected chi connectivity index (χ4v) is 4.15. The number of hydrogen-bond acceptors (Lipinski definition) is 2. The summed E-state index contributed by atoms with van der Waals surface area (Å²) < 4.78 is 0. The molecule has 0 spiro atoms. The molecule has 0 heterocycles. The van der Waals surface area contributed by atoms with Crippen LogP contribution in [0, 0.1) is 0 Å². The van der Waals surface area contributed by atoms with Crippen LogP contribution in [0.3, 0.4) is 0 Å². The molecule has 0 aromatic carbocycles. The molecule has 0 saturated heterocycles. The van der Waals surface area contributed by atoms with E-state index in [1.165, 1.54) is 114 Å². The highest BCUT2D eigenvalue weighted by Gasteiger charge is 2.04. The minimum absolute atomic E-state index is 0.944. The molecule has 0 fully saturated rings. The normalized spacial score (nSPS) is 11.1. The lowest BCUT2D eigenvalue weighted by Gasteiger charge is -2.21. The van der Waals surface area contributed by atoms with Crippen LogP contribution in [0.1, 0.15) is 129 Å². The van der Waals surface area contributed by atoms with Crippen molar-refractivity contribution in [2.45, 2.75) is 129 Å². The lowest BCUT2D eigenvalue weighted by atomic mass is 10.0. The highest BCUT2D eigenvalue weighted by Crippen LogP contribution is 2.13. The second kappa shape index (κ2) is 24.6. The fourth-order valence-electron chi connectivity index (χ4n) is 4.15. The zero-order chi connectivity index (χ0) is 23.7. The summed E-state index contributed by atoms with van der Waals surface area (Å²) in [5.74, 6) is 0. The number of unbranched alkanes of at least 4 members (excludes halogenated alkanes) is 15. The summed E-state index contributed by atoms with van der Waals surface area (Å²) in [5.41, 5.74) is 2.43. The predicted octanol–water partition coefficient (Wildman–Crippen LogP) is 9.20. The second-order valence-corrected chi connectivity index (χ2v) is 9.88. The molecule has 0 aliphatic rings. The van der Waals surface area contributed by atoms with Crippen LogP contribution in [-0.2, 0) is 0 Å². The first-order valence-corrected chi connectivity index (χ1v) is 14.0. The van der Waals surface area contributed by atoms with Gasteiger partial charge in [-0.05, 0) is 26.2 Å². The molecule has 0 rings (SSSR count). The minimum Gasteiger partial charge on any atom is -0.389 e. The third-order valence-corrected chi connectivity index (χ3v) is 6.38. The highest BCUT2D eigenvalue weighted by molar-refractivity contribution is 4.93. The van der Waals surface area contributed by atoms with Crippen molar-refractivity contribution >= 4 is 0 Å². The first-order chi connectivity index (χ1) is 15.6. The van der Waals surface area contributed by atoms with Gasteiger partial charge in [-0.2, -0.15) is 0 Å².